The number of hydrogen-bond donors (Lipinski definition) is 1. The van der Waals surface area contributed by atoms with Gasteiger partial charge in [-0.15, -0.1) is 0 Å². The summed E-state index contributed by atoms with van der Waals surface area (Å²) in [5.41, 5.74) is -0.602. The molecule has 0 saturated carbocycles. The van der Waals surface area contributed by atoms with E-state index < -0.39 is 12.2 Å². The van der Waals surface area contributed by atoms with Crippen LogP contribution in [0.3, 0.4) is 0 Å². The van der Waals surface area contributed by atoms with Gasteiger partial charge < -0.3 is 23.8 Å². The molecule has 0 heterocycles. The Morgan fingerprint density at radius 3 is 2.28 bits per heavy atom. The molecule has 152 valence electrons. The predicted octanol–water partition coefficient (Wildman–Crippen LogP) is 3.42. The van der Waals surface area contributed by atoms with Crippen LogP contribution < -0.4 is 0 Å². The smallest absolute Gasteiger partial charge is 0.386 e. The Morgan fingerprint density at radius 2 is 1.80 bits per heavy atom. The Hall–Kier alpha value is -0.110. The summed E-state index contributed by atoms with van der Waals surface area (Å²) in [4.78, 5) is 23.6. The van der Waals surface area contributed by atoms with E-state index in [2.05, 4.69) is 16.3 Å². The molecule has 0 amide bonds. The minimum atomic E-state index is -3.61. The summed E-state index contributed by atoms with van der Waals surface area (Å²) in [6.07, 6.45) is 0.674. The number of carbonyl (C=O) groups is 1. The molecule has 0 spiro atoms. The lowest BCUT2D eigenvalue weighted by molar-refractivity contribution is -0.153. The highest BCUT2D eigenvalue weighted by Crippen LogP contribution is 2.54. The first-order valence-corrected chi connectivity index (χ1v) is 11.8. The maximum atomic E-state index is 12.1. The van der Waals surface area contributed by atoms with Crippen molar-refractivity contribution < 1.29 is 28.3 Å². The summed E-state index contributed by atoms with van der Waals surface area (Å²) in [7, 11) is 2.84. The quantitative estimate of drug-likeness (QED) is 0.285. The van der Waals surface area contributed by atoms with Gasteiger partial charge in [-0.3, -0.25) is 4.79 Å². The van der Waals surface area contributed by atoms with E-state index in [-0.39, 0.29) is 18.3 Å². The number of hydrogen-bond acceptors (Lipinski definition) is 7. The van der Waals surface area contributed by atoms with Gasteiger partial charge in [-0.2, -0.15) is 0 Å². The largest absolute Gasteiger partial charge is 0.464 e. The van der Waals surface area contributed by atoms with Gasteiger partial charge in [0.25, 0.3) is 0 Å². The second kappa shape index (κ2) is 15.0. The summed E-state index contributed by atoms with van der Waals surface area (Å²) in [5.74, 6) is -0.0793. The molecule has 0 radical (unpaired) electrons. The molecule has 0 saturated heterocycles. The molecule has 0 aliphatic carbocycles. The number of nitrogens with zero attached hydrogens (tertiary/aromatic N) is 1. The molecule has 9 heteroatoms. The highest BCUT2D eigenvalue weighted by molar-refractivity contribution is 8.54. The van der Waals surface area contributed by atoms with E-state index in [1.807, 2.05) is 27.7 Å². The molecule has 0 aromatic carbocycles. The molecule has 1 unspecified atom stereocenters. The molecule has 0 aliphatic rings. The van der Waals surface area contributed by atoms with Crippen molar-refractivity contribution in [3.8, 4) is 0 Å². The van der Waals surface area contributed by atoms with Crippen molar-refractivity contribution in [1.29, 1.82) is 0 Å². The van der Waals surface area contributed by atoms with E-state index in [4.69, 9.17) is 9.47 Å². The maximum Gasteiger partial charge on any atom is 0.386 e. The zero-order valence-electron chi connectivity index (χ0n) is 16.7. The van der Waals surface area contributed by atoms with E-state index in [0.29, 0.717) is 13.0 Å². The van der Waals surface area contributed by atoms with Gasteiger partial charge in [0, 0.05) is 26.5 Å². The Labute approximate surface area is 157 Å². The van der Waals surface area contributed by atoms with Gasteiger partial charge in [0.15, 0.2) is 0 Å². The molecule has 25 heavy (non-hydrogen) atoms. The number of rotatable bonds is 13. The van der Waals surface area contributed by atoms with Crippen LogP contribution in [-0.2, 0) is 23.4 Å². The second-order valence-corrected chi connectivity index (χ2v) is 9.81. The summed E-state index contributed by atoms with van der Waals surface area (Å²) >= 11 is 0.752. The Morgan fingerprint density at radius 1 is 1.20 bits per heavy atom. The summed E-state index contributed by atoms with van der Waals surface area (Å²) in [6, 6.07) is 0. The molecule has 0 bridgehead atoms. The fourth-order valence-electron chi connectivity index (χ4n) is 1.72. The first-order valence-electron chi connectivity index (χ1n) is 8.60. The fraction of sp³-hybridized carbons (Fsp3) is 0.938. The molecule has 0 aromatic heterocycles. The first-order chi connectivity index (χ1) is 11.7. The van der Waals surface area contributed by atoms with Gasteiger partial charge in [-0.05, 0) is 44.7 Å². The van der Waals surface area contributed by atoms with Crippen LogP contribution in [0.2, 0.25) is 0 Å². The van der Waals surface area contributed by atoms with Crippen LogP contribution in [0, 0.1) is 5.41 Å². The van der Waals surface area contributed by atoms with Crippen molar-refractivity contribution in [2.24, 2.45) is 5.41 Å². The third-order valence-electron chi connectivity index (χ3n) is 3.47. The SMILES string of the molecule is CC.CCN(CCOC)CCC(C)(C)C(=O)OCCSP(=O)(O)OC. The minimum Gasteiger partial charge on any atom is -0.464 e. The highest BCUT2D eigenvalue weighted by Gasteiger charge is 2.30. The van der Waals surface area contributed by atoms with Crippen LogP contribution in [0.4, 0.5) is 0 Å². The van der Waals surface area contributed by atoms with Crippen LogP contribution >= 0.6 is 18.2 Å². The lowest BCUT2D eigenvalue weighted by Gasteiger charge is -2.27. The molecular weight excluding hydrogens is 365 g/mol. The Balaban J connectivity index is 0. The molecule has 0 rings (SSSR count). The number of ether oxygens (including phenoxy) is 2. The molecule has 1 N–H and O–H groups in total. The van der Waals surface area contributed by atoms with E-state index in [1.54, 1.807) is 7.11 Å². The van der Waals surface area contributed by atoms with Crippen molar-refractivity contribution in [3.63, 3.8) is 0 Å². The van der Waals surface area contributed by atoms with Crippen LogP contribution in [0.1, 0.15) is 41.0 Å². The second-order valence-electron chi connectivity index (χ2n) is 5.68. The number of esters is 1. The molecule has 0 fully saturated rings. The standard InChI is InChI=1S/C14H30NO6PS.C2H6/c1-6-15(9-10-19-4)8-7-14(2,3)13(16)21-11-12-23-22(17,18)20-5;1-2/h6-12H2,1-5H3,(H,17,18);1-2H3. The zero-order valence-corrected chi connectivity index (χ0v) is 18.5. The van der Waals surface area contributed by atoms with Gasteiger partial charge in [0.05, 0.1) is 12.0 Å². The van der Waals surface area contributed by atoms with Gasteiger partial charge in [0.2, 0.25) is 0 Å². The van der Waals surface area contributed by atoms with Crippen LogP contribution in [0.25, 0.3) is 0 Å². The third kappa shape index (κ3) is 13.7. The number of carbonyl (C=O) groups excluding carboxylic acids is 1. The summed E-state index contributed by atoms with van der Waals surface area (Å²) in [5, 5.41) is 0. The monoisotopic (exact) mass is 401 g/mol. The topological polar surface area (TPSA) is 85.3 Å². The average Bonchev–Trinajstić information content (AvgIpc) is 2.60. The van der Waals surface area contributed by atoms with Crippen molar-refractivity contribution in [2.45, 2.75) is 41.0 Å². The number of likely N-dealkylation sites (N-methyl/N-ethyl adjacent to an activating group) is 1. The average molecular weight is 402 g/mol. The Kier molecular flexibility index (Phi) is 16.3. The molecular formula is C16H36NO6PS. The molecule has 7 nitrogen and oxygen atoms in total. The first kappa shape index (κ1) is 27.1. The van der Waals surface area contributed by atoms with Crippen molar-refractivity contribution >= 4 is 24.1 Å². The van der Waals surface area contributed by atoms with Crippen molar-refractivity contribution in [3.05, 3.63) is 0 Å². The highest BCUT2D eigenvalue weighted by atomic mass is 32.7. The van der Waals surface area contributed by atoms with Crippen LogP contribution in [0.5, 0.6) is 0 Å². The van der Waals surface area contributed by atoms with Crippen LogP contribution in [-0.4, -0.2) is 68.6 Å². The fourth-order valence-corrected chi connectivity index (χ4v) is 3.45. The molecule has 1 atom stereocenters. The maximum absolute atomic E-state index is 12.1. The van der Waals surface area contributed by atoms with E-state index in [1.165, 1.54) is 7.11 Å². The van der Waals surface area contributed by atoms with Crippen LogP contribution in [0.15, 0.2) is 0 Å². The van der Waals surface area contributed by atoms with Crippen molar-refractivity contribution in [2.75, 3.05) is 52.8 Å². The summed E-state index contributed by atoms with van der Waals surface area (Å²) < 4.78 is 26.0. The minimum absolute atomic E-state index is 0.0853. The van der Waals surface area contributed by atoms with E-state index >= 15 is 0 Å². The zero-order chi connectivity index (χ0) is 19.9. The van der Waals surface area contributed by atoms with E-state index in [0.717, 1.165) is 31.0 Å². The normalized spacial score (nSPS) is 13.8. The predicted molar refractivity (Wildman–Crippen MR) is 104 cm³/mol. The molecule has 0 aromatic rings. The van der Waals surface area contributed by atoms with Gasteiger partial charge in [-0.25, -0.2) is 4.57 Å². The lowest BCUT2D eigenvalue weighted by Crippen LogP contribution is -2.35. The van der Waals surface area contributed by atoms with Gasteiger partial charge in [0.1, 0.15) is 6.61 Å². The summed E-state index contributed by atoms with van der Waals surface area (Å²) in [6.45, 7) is 9.41. The van der Waals surface area contributed by atoms with Gasteiger partial charge in [-0.1, -0.05) is 20.8 Å². The lowest BCUT2D eigenvalue weighted by atomic mass is 9.89. The Bertz CT molecular complexity index is 395. The van der Waals surface area contributed by atoms with Crippen molar-refractivity contribution in [1.82, 2.24) is 4.90 Å². The third-order valence-corrected chi connectivity index (χ3v) is 6.58. The number of methoxy groups -OCH3 is 1. The van der Waals surface area contributed by atoms with Gasteiger partial charge >= 0.3 is 12.8 Å². The molecule has 0 aliphatic heterocycles. The van der Waals surface area contributed by atoms with E-state index in [9.17, 15) is 14.3 Å².